The maximum atomic E-state index is 11.8. The van der Waals surface area contributed by atoms with Crippen molar-refractivity contribution in [1.29, 1.82) is 0 Å². The molecule has 18 heavy (non-hydrogen) atoms. The van der Waals surface area contributed by atoms with Crippen molar-refractivity contribution in [2.75, 3.05) is 7.11 Å². The van der Waals surface area contributed by atoms with Crippen LogP contribution in [0.4, 0.5) is 0 Å². The third-order valence-corrected chi connectivity index (χ3v) is 3.01. The summed E-state index contributed by atoms with van der Waals surface area (Å²) < 4.78 is 5.10. The first-order valence-electron chi connectivity index (χ1n) is 6.55. The standard InChI is InChI=1S/C16H24O2/c1-16(2,3)12-11-14(17)8-5-13-6-9-15(18-4)10-7-13/h6-7,9-10H,5,8,11-12H2,1-4H3. The second-order valence-corrected chi connectivity index (χ2v) is 5.95. The molecule has 0 fully saturated rings. The Balaban J connectivity index is 2.33. The molecule has 0 radical (unpaired) electrons. The summed E-state index contributed by atoms with van der Waals surface area (Å²) >= 11 is 0. The fourth-order valence-corrected chi connectivity index (χ4v) is 1.72. The third kappa shape index (κ3) is 5.85. The van der Waals surface area contributed by atoms with Crippen molar-refractivity contribution in [1.82, 2.24) is 0 Å². The van der Waals surface area contributed by atoms with E-state index in [1.54, 1.807) is 7.11 Å². The molecule has 2 nitrogen and oxygen atoms in total. The number of hydrogen-bond donors (Lipinski definition) is 0. The summed E-state index contributed by atoms with van der Waals surface area (Å²) in [7, 11) is 1.66. The predicted molar refractivity (Wildman–Crippen MR) is 75.0 cm³/mol. The number of benzene rings is 1. The summed E-state index contributed by atoms with van der Waals surface area (Å²) in [6.45, 7) is 6.51. The van der Waals surface area contributed by atoms with Gasteiger partial charge in [-0.15, -0.1) is 0 Å². The first-order chi connectivity index (χ1) is 8.40. The quantitative estimate of drug-likeness (QED) is 0.760. The summed E-state index contributed by atoms with van der Waals surface area (Å²) in [5.41, 5.74) is 1.44. The van der Waals surface area contributed by atoms with E-state index in [2.05, 4.69) is 20.8 Å². The maximum absolute atomic E-state index is 11.8. The molecule has 2 heteroatoms. The number of rotatable bonds is 6. The van der Waals surface area contributed by atoms with Gasteiger partial charge in [0.15, 0.2) is 0 Å². The maximum Gasteiger partial charge on any atom is 0.133 e. The average Bonchev–Trinajstić information content (AvgIpc) is 2.33. The summed E-state index contributed by atoms with van der Waals surface area (Å²) in [4.78, 5) is 11.8. The highest BCUT2D eigenvalue weighted by atomic mass is 16.5. The van der Waals surface area contributed by atoms with Gasteiger partial charge >= 0.3 is 0 Å². The van der Waals surface area contributed by atoms with Crippen LogP contribution in [-0.2, 0) is 11.2 Å². The van der Waals surface area contributed by atoms with Gasteiger partial charge in [0.1, 0.15) is 11.5 Å². The van der Waals surface area contributed by atoms with E-state index in [0.717, 1.165) is 18.6 Å². The molecule has 0 saturated heterocycles. The molecule has 0 atom stereocenters. The van der Waals surface area contributed by atoms with Gasteiger partial charge in [-0.05, 0) is 36.0 Å². The highest BCUT2D eigenvalue weighted by molar-refractivity contribution is 5.78. The molecule has 0 amide bonds. The first-order valence-corrected chi connectivity index (χ1v) is 6.55. The number of methoxy groups -OCH3 is 1. The fourth-order valence-electron chi connectivity index (χ4n) is 1.72. The monoisotopic (exact) mass is 248 g/mol. The van der Waals surface area contributed by atoms with E-state index in [9.17, 15) is 4.79 Å². The van der Waals surface area contributed by atoms with Gasteiger partial charge in [0.05, 0.1) is 7.11 Å². The average molecular weight is 248 g/mol. The van der Waals surface area contributed by atoms with Gasteiger partial charge in [-0.1, -0.05) is 32.9 Å². The molecule has 0 spiro atoms. The zero-order valence-corrected chi connectivity index (χ0v) is 12.0. The molecule has 0 bridgehead atoms. The Morgan fingerprint density at radius 2 is 1.72 bits per heavy atom. The van der Waals surface area contributed by atoms with E-state index < -0.39 is 0 Å². The van der Waals surface area contributed by atoms with Crippen LogP contribution in [0.1, 0.15) is 45.6 Å². The zero-order valence-electron chi connectivity index (χ0n) is 12.0. The van der Waals surface area contributed by atoms with Gasteiger partial charge in [-0.25, -0.2) is 0 Å². The normalized spacial score (nSPS) is 11.3. The molecule has 0 aliphatic carbocycles. The van der Waals surface area contributed by atoms with Gasteiger partial charge in [-0.3, -0.25) is 4.79 Å². The molecular formula is C16H24O2. The van der Waals surface area contributed by atoms with Crippen molar-refractivity contribution in [2.24, 2.45) is 5.41 Å². The second kappa shape index (κ2) is 6.58. The van der Waals surface area contributed by atoms with Crippen LogP contribution in [0.25, 0.3) is 0 Å². The summed E-state index contributed by atoms with van der Waals surface area (Å²) in [5, 5.41) is 0. The molecule has 100 valence electrons. The minimum Gasteiger partial charge on any atom is -0.497 e. The van der Waals surface area contributed by atoms with Gasteiger partial charge in [0.2, 0.25) is 0 Å². The Bertz CT molecular complexity index is 371. The number of Topliss-reactive ketones (excluding diaryl/α,β-unsaturated/α-hetero) is 1. The lowest BCUT2D eigenvalue weighted by molar-refractivity contribution is -0.119. The molecule has 1 aromatic carbocycles. The molecule has 0 heterocycles. The van der Waals surface area contributed by atoms with Crippen LogP contribution in [0.2, 0.25) is 0 Å². The Labute approximate surface area is 110 Å². The number of ketones is 1. The van der Waals surface area contributed by atoms with Gasteiger partial charge < -0.3 is 4.74 Å². The van der Waals surface area contributed by atoms with Crippen LogP contribution in [0.5, 0.6) is 5.75 Å². The molecule has 0 N–H and O–H groups in total. The lowest BCUT2D eigenvalue weighted by Gasteiger charge is -2.16. The SMILES string of the molecule is COc1ccc(CCC(=O)CCC(C)(C)C)cc1. The molecule has 0 saturated carbocycles. The highest BCUT2D eigenvalue weighted by Crippen LogP contribution is 2.21. The van der Waals surface area contributed by atoms with E-state index in [0.29, 0.717) is 18.6 Å². The smallest absolute Gasteiger partial charge is 0.133 e. The van der Waals surface area contributed by atoms with E-state index in [1.165, 1.54) is 5.56 Å². The van der Waals surface area contributed by atoms with Crippen LogP contribution in [-0.4, -0.2) is 12.9 Å². The summed E-state index contributed by atoms with van der Waals surface area (Å²) in [6, 6.07) is 7.93. The van der Waals surface area contributed by atoms with Crippen molar-refractivity contribution in [3.05, 3.63) is 29.8 Å². The molecule has 0 aromatic heterocycles. The Hall–Kier alpha value is -1.31. The lowest BCUT2D eigenvalue weighted by atomic mass is 9.89. The Morgan fingerprint density at radius 3 is 2.22 bits per heavy atom. The predicted octanol–water partition coefficient (Wildman–Crippen LogP) is 4.02. The van der Waals surface area contributed by atoms with Crippen LogP contribution in [0.3, 0.4) is 0 Å². The molecular weight excluding hydrogens is 224 g/mol. The largest absolute Gasteiger partial charge is 0.497 e. The van der Waals surface area contributed by atoms with E-state index >= 15 is 0 Å². The number of ether oxygens (including phenoxy) is 1. The number of carbonyl (C=O) groups excluding carboxylic acids is 1. The van der Waals surface area contributed by atoms with E-state index in [1.807, 2.05) is 24.3 Å². The Morgan fingerprint density at radius 1 is 1.11 bits per heavy atom. The third-order valence-electron chi connectivity index (χ3n) is 3.01. The van der Waals surface area contributed by atoms with Crippen molar-refractivity contribution in [2.45, 2.75) is 46.5 Å². The first kappa shape index (κ1) is 14.7. The summed E-state index contributed by atoms with van der Waals surface area (Å²) in [6.07, 6.45) is 3.13. The summed E-state index contributed by atoms with van der Waals surface area (Å²) in [5.74, 6) is 1.22. The molecule has 0 aliphatic heterocycles. The highest BCUT2D eigenvalue weighted by Gasteiger charge is 2.12. The van der Waals surface area contributed by atoms with Crippen LogP contribution >= 0.6 is 0 Å². The van der Waals surface area contributed by atoms with Gasteiger partial charge in [0, 0.05) is 12.8 Å². The topological polar surface area (TPSA) is 26.3 Å². The van der Waals surface area contributed by atoms with E-state index in [4.69, 9.17) is 4.74 Å². The number of hydrogen-bond acceptors (Lipinski definition) is 2. The number of carbonyl (C=O) groups is 1. The number of aryl methyl sites for hydroxylation is 1. The van der Waals surface area contributed by atoms with Crippen LogP contribution in [0, 0.1) is 5.41 Å². The van der Waals surface area contributed by atoms with Crippen molar-refractivity contribution in [3.63, 3.8) is 0 Å². The Kier molecular flexibility index (Phi) is 5.39. The van der Waals surface area contributed by atoms with Crippen molar-refractivity contribution in [3.8, 4) is 5.75 Å². The van der Waals surface area contributed by atoms with Gasteiger partial charge in [-0.2, -0.15) is 0 Å². The van der Waals surface area contributed by atoms with Crippen molar-refractivity contribution >= 4 is 5.78 Å². The van der Waals surface area contributed by atoms with Gasteiger partial charge in [0.25, 0.3) is 0 Å². The minimum atomic E-state index is 0.246. The van der Waals surface area contributed by atoms with Crippen LogP contribution < -0.4 is 4.74 Å². The molecule has 1 aromatic rings. The van der Waals surface area contributed by atoms with Crippen molar-refractivity contribution < 1.29 is 9.53 Å². The van der Waals surface area contributed by atoms with Crippen LogP contribution in [0.15, 0.2) is 24.3 Å². The lowest BCUT2D eigenvalue weighted by Crippen LogP contribution is -2.09. The second-order valence-electron chi connectivity index (χ2n) is 5.95. The zero-order chi connectivity index (χ0) is 13.6. The molecule has 1 rings (SSSR count). The molecule has 0 unspecified atom stereocenters. The minimum absolute atomic E-state index is 0.246. The van der Waals surface area contributed by atoms with E-state index in [-0.39, 0.29) is 5.41 Å². The fraction of sp³-hybridized carbons (Fsp3) is 0.562. The molecule has 0 aliphatic rings.